The van der Waals surface area contributed by atoms with Crippen LogP contribution >= 0.6 is 11.8 Å². The molecule has 1 aromatic rings. The van der Waals surface area contributed by atoms with E-state index in [2.05, 4.69) is 10.4 Å². The summed E-state index contributed by atoms with van der Waals surface area (Å²) >= 11 is 1.23. The summed E-state index contributed by atoms with van der Waals surface area (Å²) in [6.07, 6.45) is 0. The highest BCUT2D eigenvalue weighted by molar-refractivity contribution is 8.14. The molecule has 2 rings (SSSR count). The van der Waals surface area contributed by atoms with E-state index in [1.165, 1.54) is 44.7 Å². The summed E-state index contributed by atoms with van der Waals surface area (Å²) in [5.74, 6) is -0.351. The van der Waals surface area contributed by atoms with Gasteiger partial charge in [-0.05, 0) is 17.7 Å². The zero-order valence-corrected chi connectivity index (χ0v) is 14.5. The van der Waals surface area contributed by atoms with E-state index in [0.717, 1.165) is 0 Å². The number of esters is 1. The molecule has 0 aromatic heterocycles. The number of hydrazone groups is 1. The third-order valence-electron chi connectivity index (χ3n) is 2.98. The molecule has 0 saturated heterocycles. The molecule has 2 amide bonds. The first-order valence-corrected chi connectivity index (χ1v) is 7.88. The number of carbonyl (C=O) groups is 3. The Kier molecular flexibility index (Phi) is 5.45. The number of nitrogens with zero attached hydrogens (tertiary/aromatic N) is 2. The Bertz CT molecular complexity index is 719. The van der Waals surface area contributed by atoms with E-state index in [-0.39, 0.29) is 17.6 Å². The van der Waals surface area contributed by atoms with Gasteiger partial charge in [-0.15, -0.1) is 5.10 Å². The lowest BCUT2D eigenvalue weighted by Crippen LogP contribution is -2.25. The van der Waals surface area contributed by atoms with Crippen LogP contribution in [0.25, 0.3) is 0 Å². The standard InChI is InChI=1S/C15H17N3O5S/c1-8(19)16-15-17-18(9(2)20)14(24-15)11-5-6-12(23-10(3)21)13(7-11)22-4/h5-7,14H,1-4H3,(H,16,17,19)/t14-/m1/s1. The molecule has 8 nitrogen and oxygen atoms in total. The largest absolute Gasteiger partial charge is 0.493 e. The van der Waals surface area contributed by atoms with Crippen molar-refractivity contribution in [2.75, 3.05) is 7.11 Å². The Morgan fingerprint density at radius 1 is 1.21 bits per heavy atom. The summed E-state index contributed by atoms with van der Waals surface area (Å²) in [4.78, 5) is 34.1. The van der Waals surface area contributed by atoms with E-state index >= 15 is 0 Å². The minimum absolute atomic E-state index is 0.268. The Morgan fingerprint density at radius 3 is 2.46 bits per heavy atom. The molecule has 1 aliphatic rings. The van der Waals surface area contributed by atoms with Crippen molar-refractivity contribution in [3.63, 3.8) is 0 Å². The predicted octanol–water partition coefficient (Wildman–Crippen LogP) is 1.62. The predicted molar refractivity (Wildman–Crippen MR) is 88.4 cm³/mol. The molecule has 0 unspecified atom stereocenters. The SMILES string of the molecule is COc1cc([C@H]2SC(NC(C)=O)=NN2C(C)=O)ccc1OC(C)=O. The van der Waals surface area contributed by atoms with E-state index < -0.39 is 11.3 Å². The average Bonchev–Trinajstić information content (AvgIpc) is 2.90. The summed E-state index contributed by atoms with van der Waals surface area (Å²) in [7, 11) is 1.45. The van der Waals surface area contributed by atoms with Gasteiger partial charge < -0.3 is 14.8 Å². The van der Waals surface area contributed by atoms with Gasteiger partial charge in [0.15, 0.2) is 16.7 Å². The van der Waals surface area contributed by atoms with Crippen LogP contribution in [0.1, 0.15) is 31.7 Å². The Morgan fingerprint density at radius 2 is 1.92 bits per heavy atom. The molecule has 128 valence electrons. The lowest BCUT2D eigenvalue weighted by Gasteiger charge is -2.20. The van der Waals surface area contributed by atoms with Crippen LogP contribution in [0.15, 0.2) is 23.3 Å². The first-order chi connectivity index (χ1) is 11.3. The number of carbonyl (C=O) groups excluding carboxylic acids is 3. The molecular formula is C15H17N3O5S. The van der Waals surface area contributed by atoms with Gasteiger partial charge in [-0.2, -0.15) is 0 Å². The highest BCUT2D eigenvalue weighted by Gasteiger charge is 2.32. The molecule has 0 fully saturated rings. The molecule has 24 heavy (non-hydrogen) atoms. The van der Waals surface area contributed by atoms with E-state index in [1.807, 2.05) is 0 Å². The number of amidine groups is 1. The van der Waals surface area contributed by atoms with Crippen molar-refractivity contribution in [1.82, 2.24) is 10.3 Å². The van der Waals surface area contributed by atoms with Crippen LogP contribution in [-0.2, 0) is 14.4 Å². The molecule has 0 spiro atoms. The van der Waals surface area contributed by atoms with Gasteiger partial charge in [0.25, 0.3) is 0 Å². The van der Waals surface area contributed by atoms with E-state index in [9.17, 15) is 14.4 Å². The number of benzene rings is 1. The molecule has 1 atom stereocenters. The molecule has 1 N–H and O–H groups in total. The topological polar surface area (TPSA) is 97.3 Å². The number of ether oxygens (including phenoxy) is 2. The monoisotopic (exact) mass is 351 g/mol. The Hall–Kier alpha value is -2.55. The molecule has 0 bridgehead atoms. The van der Waals surface area contributed by atoms with Gasteiger partial charge in [0.05, 0.1) is 7.11 Å². The Balaban J connectivity index is 2.31. The minimum atomic E-state index is -0.460. The molecule has 1 aromatic carbocycles. The van der Waals surface area contributed by atoms with Gasteiger partial charge in [0, 0.05) is 20.8 Å². The van der Waals surface area contributed by atoms with Crippen LogP contribution in [0.2, 0.25) is 0 Å². The van der Waals surface area contributed by atoms with Gasteiger partial charge >= 0.3 is 5.97 Å². The number of methoxy groups -OCH3 is 1. The van der Waals surface area contributed by atoms with E-state index in [1.54, 1.807) is 18.2 Å². The fourth-order valence-corrected chi connectivity index (χ4v) is 3.18. The van der Waals surface area contributed by atoms with Crippen molar-refractivity contribution in [2.45, 2.75) is 26.1 Å². The van der Waals surface area contributed by atoms with Crippen molar-refractivity contribution < 1.29 is 23.9 Å². The lowest BCUT2D eigenvalue weighted by molar-refractivity contribution is -0.132. The van der Waals surface area contributed by atoms with Crippen LogP contribution in [0.3, 0.4) is 0 Å². The Labute approximate surface area is 143 Å². The third kappa shape index (κ3) is 4.05. The second kappa shape index (κ2) is 7.35. The summed E-state index contributed by atoms with van der Waals surface area (Å²) in [6, 6.07) is 4.96. The van der Waals surface area contributed by atoms with Crippen molar-refractivity contribution in [2.24, 2.45) is 5.10 Å². The molecule has 1 aliphatic heterocycles. The number of hydrogen-bond donors (Lipinski definition) is 1. The van der Waals surface area contributed by atoms with Gasteiger partial charge in [-0.3, -0.25) is 14.4 Å². The minimum Gasteiger partial charge on any atom is -0.493 e. The van der Waals surface area contributed by atoms with Gasteiger partial charge in [0.1, 0.15) is 5.37 Å². The average molecular weight is 351 g/mol. The van der Waals surface area contributed by atoms with Crippen LogP contribution in [0, 0.1) is 0 Å². The van der Waals surface area contributed by atoms with Gasteiger partial charge in [-0.25, -0.2) is 5.01 Å². The summed E-state index contributed by atoms with van der Waals surface area (Å²) in [5, 5.41) is 7.85. The quantitative estimate of drug-likeness (QED) is 0.656. The number of hydrogen-bond acceptors (Lipinski definition) is 7. The molecule has 0 saturated carbocycles. The fourth-order valence-electron chi connectivity index (χ4n) is 2.06. The summed E-state index contributed by atoms with van der Waals surface area (Å²) < 4.78 is 10.3. The van der Waals surface area contributed by atoms with Crippen LogP contribution in [0.4, 0.5) is 0 Å². The first kappa shape index (κ1) is 17.8. The van der Waals surface area contributed by atoms with Gasteiger partial charge in [-0.1, -0.05) is 17.8 Å². The van der Waals surface area contributed by atoms with Gasteiger partial charge in [0.2, 0.25) is 11.8 Å². The normalized spacial score (nSPS) is 16.4. The maximum Gasteiger partial charge on any atom is 0.308 e. The molecule has 0 radical (unpaired) electrons. The van der Waals surface area contributed by atoms with Crippen LogP contribution in [-0.4, -0.2) is 35.1 Å². The first-order valence-electron chi connectivity index (χ1n) is 7.00. The number of amides is 2. The van der Waals surface area contributed by atoms with Crippen molar-refractivity contribution >= 4 is 34.7 Å². The second-order valence-electron chi connectivity index (χ2n) is 4.92. The third-order valence-corrected chi connectivity index (χ3v) is 4.08. The molecular weight excluding hydrogens is 334 g/mol. The number of rotatable bonds is 3. The van der Waals surface area contributed by atoms with E-state index in [4.69, 9.17) is 9.47 Å². The number of nitrogens with one attached hydrogen (secondary N) is 1. The molecule has 0 aliphatic carbocycles. The zero-order valence-electron chi connectivity index (χ0n) is 13.7. The second-order valence-corrected chi connectivity index (χ2v) is 5.99. The number of thioether (sulfide) groups is 1. The zero-order chi connectivity index (χ0) is 17.9. The highest BCUT2D eigenvalue weighted by Crippen LogP contribution is 2.41. The van der Waals surface area contributed by atoms with Crippen LogP contribution in [0.5, 0.6) is 11.5 Å². The molecule has 9 heteroatoms. The summed E-state index contributed by atoms with van der Waals surface area (Å²) in [6.45, 7) is 4.05. The maximum atomic E-state index is 11.8. The maximum absolute atomic E-state index is 11.8. The lowest BCUT2D eigenvalue weighted by atomic mass is 10.2. The van der Waals surface area contributed by atoms with Crippen molar-refractivity contribution in [3.05, 3.63) is 23.8 Å². The highest BCUT2D eigenvalue weighted by atomic mass is 32.2. The smallest absolute Gasteiger partial charge is 0.308 e. The van der Waals surface area contributed by atoms with E-state index in [0.29, 0.717) is 16.5 Å². The van der Waals surface area contributed by atoms with Crippen molar-refractivity contribution in [1.29, 1.82) is 0 Å². The fraction of sp³-hybridized carbons (Fsp3) is 0.333. The summed E-state index contributed by atoms with van der Waals surface area (Å²) in [5.41, 5.74) is 0.715. The van der Waals surface area contributed by atoms with Crippen LogP contribution < -0.4 is 14.8 Å². The van der Waals surface area contributed by atoms with Crippen molar-refractivity contribution in [3.8, 4) is 11.5 Å². The molecule has 1 heterocycles.